The third-order valence-electron chi connectivity index (χ3n) is 6.08. The van der Waals surface area contributed by atoms with Crippen molar-refractivity contribution in [2.75, 3.05) is 13.1 Å². The zero-order valence-electron chi connectivity index (χ0n) is 17.2. The standard InChI is InChI=1S/C22H24N6O2/c1-13-20(14(2)30-26-13)16-5-6-18-19(9-16)28(10-15-3-4-15)25-21(18)22(29)24-17-7-8-27(11-17)12-23/h5-6,9,15,17H,3-4,7-8,10-11H2,1-2H3,(H,24,29). The summed E-state index contributed by atoms with van der Waals surface area (Å²) in [7, 11) is 0. The van der Waals surface area contributed by atoms with E-state index in [0.717, 1.165) is 46.4 Å². The predicted molar refractivity (Wildman–Crippen MR) is 110 cm³/mol. The molecule has 2 aliphatic rings. The molecule has 3 heterocycles. The third kappa shape index (κ3) is 3.30. The summed E-state index contributed by atoms with van der Waals surface area (Å²) in [6.45, 7) is 5.90. The van der Waals surface area contributed by atoms with E-state index >= 15 is 0 Å². The maximum absolute atomic E-state index is 13.0. The van der Waals surface area contributed by atoms with Crippen LogP contribution in [0.15, 0.2) is 22.7 Å². The molecular weight excluding hydrogens is 380 g/mol. The van der Waals surface area contributed by atoms with E-state index in [2.05, 4.69) is 22.7 Å². The molecule has 2 aromatic heterocycles. The molecule has 5 rings (SSSR count). The van der Waals surface area contributed by atoms with Gasteiger partial charge >= 0.3 is 0 Å². The minimum atomic E-state index is -0.176. The first-order valence-corrected chi connectivity index (χ1v) is 10.4. The van der Waals surface area contributed by atoms with Gasteiger partial charge in [-0.05, 0) is 56.7 Å². The summed E-state index contributed by atoms with van der Waals surface area (Å²) in [5.41, 5.74) is 4.26. The van der Waals surface area contributed by atoms with E-state index in [1.54, 1.807) is 4.90 Å². The van der Waals surface area contributed by atoms with Gasteiger partial charge < -0.3 is 14.7 Å². The molecule has 8 heteroatoms. The molecule has 2 fully saturated rings. The van der Waals surface area contributed by atoms with Crippen molar-refractivity contribution in [3.63, 3.8) is 0 Å². The smallest absolute Gasteiger partial charge is 0.272 e. The fourth-order valence-electron chi connectivity index (χ4n) is 4.30. The zero-order valence-corrected chi connectivity index (χ0v) is 17.2. The number of hydrogen-bond acceptors (Lipinski definition) is 6. The van der Waals surface area contributed by atoms with E-state index in [1.165, 1.54) is 12.8 Å². The minimum Gasteiger partial charge on any atom is -0.361 e. The molecule has 30 heavy (non-hydrogen) atoms. The van der Waals surface area contributed by atoms with Crippen LogP contribution in [0.3, 0.4) is 0 Å². The Labute approximate surface area is 174 Å². The number of benzene rings is 1. The van der Waals surface area contributed by atoms with Gasteiger partial charge in [-0.3, -0.25) is 9.48 Å². The molecule has 1 saturated heterocycles. The number of likely N-dealkylation sites (tertiary alicyclic amines) is 1. The van der Waals surface area contributed by atoms with Gasteiger partial charge in [0, 0.05) is 36.6 Å². The maximum atomic E-state index is 13.0. The lowest BCUT2D eigenvalue weighted by molar-refractivity contribution is 0.0934. The van der Waals surface area contributed by atoms with E-state index in [1.807, 2.05) is 30.7 Å². The van der Waals surface area contributed by atoms with Crippen LogP contribution >= 0.6 is 0 Å². The zero-order chi connectivity index (χ0) is 20.8. The molecule has 1 aromatic carbocycles. The summed E-state index contributed by atoms with van der Waals surface area (Å²) in [4.78, 5) is 14.7. The number of nitrogens with zero attached hydrogens (tertiary/aromatic N) is 5. The van der Waals surface area contributed by atoms with Crippen LogP contribution in [0.2, 0.25) is 0 Å². The molecule has 1 aliphatic carbocycles. The van der Waals surface area contributed by atoms with Gasteiger partial charge in [-0.1, -0.05) is 11.2 Å². The van der Waals surface area contributed by atoms with E-state index in [9.17, 15) is 4.79 Å². The van der Waals surface area contributed by atoms with Crippen LogP contribution in [0, 0.1) is 31.2 Å². The number of amides is 1. The third-order valence-corrected chi connectivity index (χ3v) is 6.08. The van der Waals surface area contributed by atoms with Crippen molar-refractivity contribution < 1.29 is 9.32 Å². The number of aromatic nitrogens is 3. The molecular formula is C22H24N6O2. The van der Waals surface area contributed by atoms with E-state index in [0.29, 0.717) is 24.7 Å². The highest BCUT2D eigenvalue weighted by atomic mass is 16.5. The molecule has 1 amide bonds. The Balaban J connectivity index is 1.51. The van der Waals surface area contributed by atoms with Gasteiger partial charge in [-0.25, -0.2) is 0 Å². The van der Waals surface area contributed by atoms with E-state index < -0.39 is 0 Å². The quantitative estimate of drug-likeness (QED) is 0.656. The molecule has 1 atom stereocenters. The second-order valence-electron chi connectivity index (χ2n) is 8.41. The minimum absolute atomic E-state index is 0.0256. The molecule has 1 aliphatic heterocycles. The largest absolute Gasteiger partial charge is 0.361 e. The van der Waals surface area contributed by atoms with Gasteiger partial charge in [0.15, 0.2) is 11.9 Å². The number of carbonyl (C=O) groups is 1. The first-order chi connectivity index (χ1) is 14.5. The highest BCUT2D eigenvalue weighted by Crippen LogP contribution is 2.34. The van der Waals surface area contributed by atoms with Crippen LogP contribution < -0.4 is 5.32 Å². The number of hydrogen-bond donors (Lipinski definition) is 1. The molecule has 1 unspecified atom stereocenters. The van der Waals surface area contributed by atoms with Crippen LogP contribution in [-0.4, -0.2) is 44.9 Å². The summed E-state index contributed by atoms with van der Waals surface area (Å²) >= 11 is 0. The Morgan fingerprint density at radius 1 is 1.33 bits per heavy atom. The Bertz CT molecular complexity index is 1150. The van der Waals surface area contributed by atoms with Crippen molar-refractivity contribution in [1.29, 1.82) is 5.26 Å². The second kappa shape index (κ2) is 7.17. The lowest BCUT2D eigenvalue weighted by Crippen LogP contribution is -2.36. The van der Waals surface area contributed by atoms with Gasteiger partial charge in [0.2, 0.25) is 0 Å². The van der Waals surface area contributed by atoms with Gasteiger partial charge in [0.25, 0.3) is 5.91 Å². The normalized spacial score (nSPS) is 18.7. The van der Waals surface area contributed by atoms with Crippen LogP contribution in [-0.2, 0) is 6.54 Å². The molecule has 154 valence electrons. The number of carbonyl (C=O) groups excluding carboxylic acids is 1. The Morgan fingerprint density at radius 2 is 2.17 bits per heavy atom. The molecule has 0 radical (unpaired) electrons. The number of nitrogens with one attached hydrogen (secondary N) is 1. The fraction of sp³-hybridized carbons (Fsp3) is 0.455. The molecule has 3 aromatic rings. The highest BCUT2D eigenvalue weighted by Gasteiger charge is 2.28. The van der Waals surface area contributed by atoms with E-state index in [4.69, 9.17) is 14.9 Å². The number of nitriles is 1. The highest BCUT2D eigenvalue weighted by molar-refractivity contribution is 6.05. The molecule has 0 bridgehead atoms. The topological polar surface area (TPSA) is 100.0 Å². The summed E-state index contributed by atoms with van der Waals surface area (Å²) in [5.74, 6) is 1.23. The molecule has 0 spiro atoms. The molecule has 8 nitrogen and oxygen atoms in total. The average molecular weight is 404 g/mol. The van der Waals surface area contributed by atoms with Crippen molar-refractivity contribution in [1.82, 2.24) is 25.2 Å². The monoisotopic (exact) mass is 404 g/mol. The Kier molecular flexibility index (Phi) is 4.46. The number of rotatable bonds is 5. The predicted octanol–water partition coefficient (Wildman–Crippen LogP) is 3.00. The van der Waals surface area contributed by atoms with Crippen LogP contribution in [0.1, 0.15) is 41.2 Å². The summed E-state index contributed by atoms with van der Waals surface area (Å²) in [6, 6.07) is 6.03. The average Bonchev–Trinajstić information content (AvgIpc) is 3.16. The SMILES string of the molecule is Cc1noc(C)c1-c1ccc2c(C(=O)NC3CCN(C#N)C3)nn(CC3CC3)c2c1. The van der Waals surface area contributed by atoms with Crippen molar-refractivity contribution in [2.45, 2.75) is 45.7 Å². The second-order valence-corrected chi connectivity index (χ2v) is 8.41. The lowest BCUT2D eigenvalue weighted by Gasteiger charge is -2.11. The van der Waals surface area contributed by atoms with Crippen molar-refractivity contribution in [2.24, 2.45) is 5.92 Å². The first-order valence-electron chi connectivity index (χ1n) is 10.4. The van der Waals surface area contributed by atoms with Crippen LogP contribution in [0.4, 0.5) is 0 Å². The summed E-state index contributed by atoms with van der Waals surface area (Å²) < 4.78 is 7.31. The number of aryl methyl sites for hydroxylation is 2. The van der Waals surface area contributed by atoms with E-state index in [-0.39, 0.29) is 11.9 Å². The van der Waals surface area contributed by atoms with Gasteiger partial charge in [0.1, 0.15) is 5.76 Å². The summed E-state index contributed by atoms with van der Waals surface area (Å²) in [6.07, 6.45) is 5.34. The van der Waals surface area contributed by atoms with Crippen molar-refractivity contribution in [3.8, 4) is 17.3 Å². The van der Waals surface area contributed by atoms with Gasteiger partial charge in [-0.15, -0.1) is 0 Å². The lowest BCUT2D eigenvalue weighted by atomic mass is 10.0. The maximum Gasteiger partial charge on any atom is 0.272 e. The molecule has 1 N–H and O–H groups in total. The number of fused-ring (bicyclic) bond motifs is 1. The van der Waals surface area contributed by atoms with Crippen molar-refractivity contribution >= 4 is 16.8 Å². The summed E-state index contributed by atoms with van der Waals surface area (Å²) in [5, 5.41) is 21.7. The fourth-order valence-corrected chi connectivity index (χ4v) is 4.30. The Morgan fingerprint density at radius 3 is 2.83 bits per heavy atom. The van der Waals surface area contributed by atoms with Crippen LogP contribution in [0.25, 0.3) is 22.0 Å². The molecule has 1 saturated carbocycles. The Hall–Kier alpha value is -3.34. The van der Waals surface area contributed by atoms with Crippen LogP contribution in [0.5, 0.6) is 0 Å². The van der Waals surface area contributed by atoms with Gasteiger partial charge in [0.05, 0.1) is 11.2 Å². The first kappa shape index (κ1) is 18.7. The van der Waals surface area contributed by atoms with Gasteiger partial charge in [-0.2, -0.15) is 10.4 Å². The van der Waals surface area contributed by atoms with Crippen molar-refractivity contribution in [3.05, 3.63) is 35.3 Å².